The average molecular weight is 532 g/mol. The van der Waals surface area contributed by atoms with Crippen LogP contribution in [0.4, 0.5) is 13.2 Å². The lowest BCUT2D eigenvalue weighted by molar-refractivity contribution is -0.141. The van der Waals surface area contributed by atoms with Crippen molar-refractivity contribution in [2.75, 3.05) is 6.54 Å². The Hall–Kier alpha value is -3.44. The quantitative estimate of drug-likeness (QED) is 0.327. The lowest BCUT2D eigenvalue weighted by Crippen LogP contribution is -2.40. The number of Topliss-reactive ketones (excluding diaryl/α,β-unsaturated/α-hetero) is 1. The summed E-state index contributed by atoms with van der Waals surface area (Å²) in [6.45, 7) is 0.229. The molecule has 1 unspecified atom stereocenters. The van der Waals surface area contributed by atoms with Crippen molar-refractivity contribution in [1.29, 1.82) is 0 Å². The number of ketones is 1. The number of furan rings is 1. The van der Waals surface area contributed by atoms with Crippen LogP contribution < -0.4 is 0 Å². The van der Waals surface area contributed by atoms with Crippen LogP contribution in [0.25, 0.3) is 22.2 Å². The smallest absolute Gasteiger partial charge is 0.435 e. The first-order valence-electron chi connectivity index (χ1n) is 11.8. The van der Waals surface area contributed by atoms with Crippen molar-refractivity contribution in [3.63, 3.8) is 0 Å². The second-order valence-corrected chi connectivity index (χ2v) is 10.9. The third-order valence-electron chi connectivity index (χ3n) is 6.59. The third-order valence-corrected chi connectivity index (χ3v) is 8.36. The van der Waals surface area contributed by atoms with E-state index in [0.29, 0.717) is 41.5 Å². The minimum atomic E-state index is -4.55. The van der Waals surface area contributed by atoms with Crippen molar-refractivity contribution in [2.45, 2.75) is 43.0 Å². The Morgan fingerprint density at radius 1 is 1.11 bits per heavy atom. The van der Waals surface area contributed by atoms with Gasteiger partial charge in [-0.1, -0.05) is 36.4 Å². The number of aryl methyl sites for hydroxylation is 2. The van der Waals surface area contributed by atoms with Gasteiger partial charge in [-0.05, 0) is 43.0 Å². The van der Waals surface area contributed by atoms with Crippen LogP contribution in [-0.4, -0.2) is 40.9 Å². The molecule has 5 rings (SSSR count). The fraction of sp³-hybridized carbons (Fsp3) is 0.308. The first-order valence-corrected chi connectivity index (χ1v) is 13.2. The van der Waals surface area contributed by atoms with Crippen molar-refractivity contribution in [3.05, 3.63) is 71.9 Å². The number of halogens is 3. The Balaban J connectivity index is 1.30. The molecule has 0 saturated carbocycles. The molecule has 0 radical (unpaired) electrons. The van der Waals surface area contributed by atoms with Gasteiger partial charge >= 0.3 is 6.18 Å². The summed E-state index contributed by atoms with van der Waals surface area (Å²) in [5, 5.41) is 4.03. The molecule has 11 heteroatoms. The molecule has 4 aromatic rings. The predicted octanol–water partition coefficient (Wildman–Crippen LogP) is 5.21. The summed E-state index contributed by atoms with van der Waals surface area (Å²) >= 11 is 0. The van der Waals surface area contributed by atoms with E-state index < -0.39 is 27.9 Å². The number of para-hydroxylation sites is 1. The van der Waals surface area contributed by atoms with E-state index in [1.807, 2.05) is 0 Å². The van der Waals surface area contributed by atoms with Gasteiger partial charge in [-0.15, -0.1) is 0 Å². The maximum Gasteiger partial charge on any atom is 0.435 e. The van der Waals surface area contributed by atoms with E-state index in [1.165, 1.54) is 22.1 Å². The molecule has 0 amide bonds. The second-order valence-electron chi connectivity index (χ2n) is 9.08. The number of carbonyl (C=O) groups excluding carboxylic acids is 1. The minimum absolute atomic E-state index is 0.0967. The van der Waals surface area contributed by atoms with Crippen LogP contribution in [0.5, 0.6) is 0 Å². The number of nitrogens with zero attached hydrogens (tertiary/aromatic N) is 3. The van der Waals surface area contributed by atoms with Gasteiger partial charge in [-0.25, -0.2) is 8.42 Å². The van der Waals surface area contributed by atoms with Crippen molar-refractivity contribution in [3.8, 4) is 11.3 Å². The standard InChI is InChI=1S/C26H24F3N3O4S/c1-31-21(16-24(30-31)26(27,28)29)18-8-4-6-17(14-18)11-12-22(33)20-9-5-13-32(20)37(34,35)25-15-19-7-2-3-10-23(19)36-25/h2-4,6-8,10,14-16,20H,5,9,11-13H2,1H3. The van der Waals surface area contributed by atoms with E-state index in [-0.39, 0.29) is 23.8 Å². The molecule has 2 aromatic carbocycles. The van der Waals surface area contributed by atoms with Gasteiger partial charge in [0.2, 0.25) is 5.09 Å². The Kier molecular flexibility index (Phi) is 6.45. The van der Waals surface area contributed by atoms with Crippen molar-refractivity contribution in [2.24, 2.45) is 7.05 Å². The molecule has 0 N–H and O–H groups in total. The van der Waals surface area contributed by atoms with Gasteiger partial charge in [0.15, 0.2) is 11.5 Å². The van der Waals surface area contributed by atoms with Crippen LogP contribution in [-0.2, 0) is 34.5 Å². The first-order chi connectivity index (χ1) is 17.5. The molecule has 1 aliphatic heterocycles. The number of fused-ring (bicyclic) bond motifs is 1. The molecule has 0 aliphatic carbocycles. The molecule has 1 aliphatic rings. The second kappa shape index (κ2) is 9.46. The summed E-state index contributed by atoms with van der Waals surface area (Å²) in [5.74, 6) is -0.206. The van der Waals surface area contributed by atoms with Crippen molar-refractivity contribution in [1.82, 2.24) is 14.1 Å². The van der Waals surface area contributed by atoms with E-state index in [4.69, 9.17) is 4.42 Å². The highest BCUT2D eigenvalue weighted by Crippen LogP contribution is 2.33. The SMILES string of the molecule is Cn1nc(C(F)(F)F)cc1-c1cccc(CCC(=O)C2CCCN2S(=O)(=O)c2cc3ccccc3o2)c1. The Bertz CT molecular complexity index is 1540. The van der Waals surface area contributed by atoms with Gasteiger partial charge in [-0.2, -0.15) is 22.6 Å². The first kappa shape index (κ1) is 25.2. The van der Waals surface area contributed by atoms with E-state index in [1.54, 1.807) is 48.5 Å². The molecule has 7 nitrogen and oxygen atoms in total. The number of sulfonamides is 1. The summed E-state index contributed by atoms with van der Waals surface area (Å²) in [5.41, 5.74) is 1.09. The molecule has 0 spiro atoms. The predicted molar refractivity (Wildman–Crippen MR) is 130 cm³/mol. The Morgan fingerprint density at radius 3 is 2.62 bits per heavy atom. The van der Waals surface area contributed by atoms with E-state index in [0.717, 1.165) is 11.6 Å². The zero-order valence-corrected chi connectivity index (χ0v) is 20.7. The summed E-state index contributed by atoms with van der Waals surface area (Å²) < 4.78 is 73.7. The Labute approximate surface area is 211 Å². The molecule has 0 bridgehead atoms. The number of hydrogen-bond acceptors (Lipinski definition) is 5. The molecule has 1 fully saturated rings. The number of carbonyl (C=O) groups is 1. The van der Waals surface area contributed by atoms with Crippen LogP contribution in [0, 0.1) is 0 Å². The molecule has 194 valence electrons. The van der Waals surface area contributed by atoms with Crippen molar-refractivity contribution >= 4 is 26.8 Å². The van der Waals surface area contributed by atoms with Gasteiger partial charge in [-0.3, -0.25) is 9.48 Å². The number of benzene rings is 2. The van der Waals surface area contributed by atoms with Crippen LogP contribution in [0.2, 0.25) is 0 Å². The van der Waals surface area contributed by atoms with E-state index >= 15 is 0 Å². The third kappa shape index (κ3) is 4.93. The highest BCUT2D eigenvalue weighted by atomic mass is 32.2. The monoisotopic (exact) mass is 531 g/mol. The highest BCUT2D eigenvalue weighted by Gasteiger charge is 2.40. The number of rotatable bonds is 7. The molecule has 37 heavy (non-hydrogen) atoms. The topological polar surface area (TPSA) is 85.4 Å². The van der Waals surface area contributed by atoms with Crippen LogP contribution in [0.3, 0.4) is 0 Å². The summed E-state index contributed by atoms with van der Waals surface area (Å²) in [7, 11) is -2.55. The zero-order valence-electron chi connectivity index (χ0n) is 19.9. The average Bonchev–Trinajstić information content (AvgIpc) is 3.60. The van der Waals surface area contributed by atoms with Gasteiger partial charge in [0.05, 0.1) is 11.7 Å². The van der Waals surface area contributed by atoms with Crippen LogP contribution >= 0.6 is 0 Å². The zero-order chi connectivity index (χ0) is 26.4. The molecule has 1 saturated heterocycles. The molecule has 3 heterocycles. The van der Waals surface area contributed by atoms with E-state index in [9.17, 15) is 26.4 Å². The number of hydrogen-bond donors (Lipinski definition) is 0. The lowest BCUT2D eigenvalue weighted by atomic mass is 10.00. The minimum Gasteiger partial charge on any atom is -0.443 e. The molecule has 2 aromatic heterocycles. The van der Waals surface area contributed by atoms with E-state index in [2.05, 4.69) is 5.10 Å². The normalized spacial score (nSPS) is 17.0. The molecular weight excluding hydrogens is 507 g/mol. The largest absolute Gasteiger partial charge is 0.443 e. The van der Waals surface area contributed by atoms with Crippen LogP contribution in [0.15, 0.2) is 70.2 Å². The maximum absolute atomic E-state index is 13.3. The van der Waals surface area contributed by atoms with Gasteiger partial charge in [0, 0.05) is 37.0 Å². The van der Waals surface area contributed by atoms with Crippen molar-refractivity contribution < 1.29 is 30.8 Å². The van der Waals surface area contributed by atoms with Gasteiger partial charge < -0.3 is 4.42 Å². The lowest BCUT2D eigenvalue weighted by Gasteiger charge is -2.21. The number of alkyl halides is 3. The van der Waals surface area contributed by atoms with Gasteiger partial charge in [0.25, 0.3) is 10.0 Å². The molecular formula is C26H24F3N3O4S. The van der Waals surface area contributed by atoms with Gasteiger partial charge in [0.1, 0.15) is 5.58 Å². The summed E-state index contributed by atoms with van der Waals surface area (Å²) in [6, 6.07) is 15.6. The van der Waals surface area contributed by atoms with Crippen LogP contribution in [0.1, 0.15) is 30.5 Å². The fourth-order valence-corrected chi connectivity index (χ4v) is 6.38. The summed E-state index contributed by atoms with van der Waals surface area (Å²) in [4.78, 5) is 13.1. The fourth-order valence-electron chi connectivity index (χ4n) is 4.75. The Morgan fingerprint density at radius 2 is 1.89 bits per heavy atom. The number of aromatic nitrogens is 2. The highest BCUT2D eigenvalue weighted by molar-refractivity contribution is 7.89. The summed E-state index contributed by atoms with van der Waals surface area (Å²) in [6.07, 6.45) is -3.14. The maximum atomic E-state index is 13.3. The molecule has 1 atom stereocenters.